The van der Waals surface area contributed by atoms with Crippen LogP contribution in [0.3, 0.4) is 0 Å². The number of hydrogen-bond donors (Lipinski definition) is 1. The molecule has 3 rings (SSSR count). The topological polar surface area (TPSA) is 103 Å². The fourth-order valence-electron chi connectivity index (χ4n) is 3.05. The Morgan fingerprint density at radius 1 is 1.34 bits per heavy atom. The number of amides is 1. The van der Waals surface area contributed by atoms with E-state index in [0.717, 1.165) is 10.1 Å². The van der Waals surface area contributed by atoms with Crippen molar-refractivity contribution in [1.29, 1.82) is 0 Å². The van der Waals surface area contributed by atoms with Gasteiger partial charge in [0.2, 0.25) is 11.6 Å². The molecule has 1 atom stereocenters. The third-order valence-corrected chi connectivity index (χ3v) is 4.74. The molecule has 1 amide bonds. The highest BCUT2D eigenvalue weighted by Gasteiger charge is 2.24. The van der Waals surface area contributed by atoms with Crippen LogP contribution in [0.1, 0.15) is 41.6 Å². The molecule has 9 heteroatoms. The van der Waals surface area contributed by atoms with Gasteiger partial charge in [-0.25, -0.2) is 9.78 Å². The first-order chi connectivity index (χ1) is 13.8. The third-order valence-electron chi connectivity index (χ3n) is 4.40. The normalized spacial score (nSPS) is 12.0. The molecule has 3 aromatic rings. The molecule has 0 aliphatic rings. The Bertz CT molecular complexity index is 1130. The number of rotatable bonds is 6. The summed E-state index contributed by atoms with van der Waals surface area (Å²) in [5, 5.41) is 3.33. The maximum absolute atomic E-state index is 12.9. The van der Waals surface area contributed by atoms with Crippen LogP contribution in [0.5, 0.6) is 0 Å². The molecule has 0 bridgehead atoms. The second-order valence-electron chi connectivity index (χ2n) is 6.42. The van der Waals surface area contributed by atoms with Crippen LogP contribution >= 0.6 is 11.6 Å². The lowest BCUT2D eigenvalue weighted by Gasteiger charge is -2.16. The van der Waals surface area contributed by atoms with Gasteiger partial charge in [-0.2, -0.15) is 0 Å². The highest BCUT2D eigenvalue weighted by Crippen LogP contribution is 2.23. The first-order valence-electron chi connectivity index (χ1n) is 9.02. The Labute approximate surface area is 171 Å². The van der Waals surface area contributed by atoms with Crippen LogP contribution in [0.2, 0.25) is 5.02 Å². The smallest absolute Gasteiger partial charge is 0.342 e. The summed E-state index contributed by atoms with van der Waals surface area (Å²) in [6, 6.07) is 6.82. The first kappa shape index (κ1) is 20.6. The number of aryl methyl sites for hydroxylation is 1. The third kappa shape index (κ3) is 4.17. The van der Waals surface area contributed by atoms with Crippen molar-refractivity contribution in [2.24, 2.45) is 0 Å². The molecule has 0 aliphatic carbocycles. The number of ether oxygens (including phenoxy) is 1. The quantitative estimate of drug-likeness (QED) is 0.618. The molecule has 0 saturated carbocycles. The van der Waals surface area contributed by atoms with Gasteiger partial charge in [0, 0.05) is 5.02 Å². The van der Waals surface area contributed by atoms with E-state index in [1.807, 2.05) is 12.1 Å². The predicted octanol–water partition coefficient (Wildman–Crippen LogP) is 3.01. The van der Waals surface area contributed by atoms with Crippen molar-refractivity contribution in [1.82, 2.24) is 14.9 Å². The Morgan fingerprint density at radius 3 is 2.76 bits per heavy atom. The number of carbonyl (C=O) groups excluding carboxylic acids is 2. The van der Waals surface area contributed by atoms with Gasteiger partial charge in [-0.1, -0.05) is 29.8 Å². The van der Waals surface area contributed by atoms with Gasteiger partial charge in [0.15, 0.2) is 0 Å². The number of nitrogens with one attached hydrogen (secondary N) is 1. The number of furan rings is 1. The number of carbonyl (C=O) groups is 2. The van der Waals surface area contributed by atoms with Crippen molar-refractivity contribution in [3.8, 4) is 0 Å². The summed E-state index contributed by atoms with van der Waals surface area (Å²) in [5.41, 5.74) is 0.254. The van der Waals surface area contributed by atoms with Crippen LogP contribution in [0.15, 0.2) is 39.8 Å². The molecule has 2 aromatic heterocycles. The molecular formula is C20H20ClN3O5. The van der Waals surface area contributed by atoms with Gasteiger partial charge in [-0.3, -0.25) is 14.2 Å². The minimum Gasteiger partial charge on any atom is -0.462 e. The summed E-state index contributed by atoms with van der Waals surface area (Å²) in [5.74, 6) is -0.839. The van der Waals surface area contributed by atoms with Crippen LogP contribution in [-0.2, 0) is 16.1 Å². The maximum atomic E-state index is 12.9. The zero-order chi connectivity index (χ0) is 21.1. The summed E-state index contributed by atoms with van der Waals surface area (Å²) in [6.45, 7) is 4.89. The molecule has 1 aromatic carbocycles. The molecule has 0 fully saturated rings. The number of esters is 1. The van der Waals surface area contributed by atoms with E-state index in [1.54, 1.807) is 32.9 Å². The van der Waals surface area contributed by atoms with Crippen molar-refractivity contribution in [2.45, 2.75) is 33.4 Å². The van der Waals surface area contributed by atoms with E-state index < -0.39 is 17.4 Å². The highest BCUT2D eigenvalue weighted by molar-refractivity contribution is 6.31. The van der Waals surface area contributed by atoms with Gasteiger partial charge in [-0.05, 0) is 32.4 Å². The van der Waals surface area contributed by atoms with E-state index in [2.05, 4.69) is 10.3 Å². The number of benzene rings is 1. The van der Waals surface area contributed by atoms with E-state index >= 15 is 0 Å². The second-order valence-corrected chi connectivity index (χ2v) is 6.83. The molecule has 29 heavy (non-hydrogen) atoms. The molecule has 0 saturated heterocycles. The van der Waals surface area contributed by atoms with Crippen LogP contribution in [-0.4, -0.2) is 28.0 Å². The number of fused-ring (bicyclic) bond motifs is 1. The molecule has 0 radical (unpaired) electrons. The minimum atomic E-state index is -0.669. The van der Waals surface area contributed by atoms with Crippen molar-refractivity contribution in [2.75, 3.05) is 6.61 Å². The Hall–Kier alpha value is -3.13. The van der Waals surface area contributed by atoms with Gasteiger partial charge in [0.05, 0.1) is 12.6 Å². The summed E-state index contributed by atoms with van der Waals surface area (Å²) < 4.78 is 11.5. The standard InChI is InChI=1S/C20H20ClN3O5/c1-4-28-20(27)16-12(3)29-18-17(16)19(26)24(10-22-18)9-15(25)23-11(2)13-7-5-6-8-14(13)21/h5-8,10-11H,4,9H2,1-3H3,(H,23,25)/t11-/m1/s1. The maximum Gasteiger partial charge on any atom is 0.342 e. The van der Waals surface area contributed by atoms with E-state index in [-0.39, 0.29) is 41.6 Å². The summed E-state index contributed by atoms with van der Waals surface area (Å²) >= 11 is 6.16. The van der Waals surface area contributed by atoms with E-state index in [0.29, 0.717) is 5.02 Å². The average Bonchev–Trinajstić information content (AvgIpc) is 3.01. The molecule has 152 valence electrons. The lowest BCUT2D eigenvalue weighted by Crippen LogP contribution is -2.34. The SMILES string of the molecule is CCOC(=O)c1c(C)oc2ncn(CC(=O)N[C@H](C)c3ccccc3Cl)c(=O)c12. The molecule has 0 unspecified atom stereocenters. The zero-order valence-electron chi connectivity index (χ0n) is 16.2. The Morgan fingerprint density at radius 2 is 2.07 bits per heavy atom. The fourth-order valence-corrected chi connectivity index (χ4v) is 3.34. The lowest BCUT2D eigenvalue weighted by atomic mass is 10.1. The van der Waals surface area contributed by atoms with Crippen molar-refractivity contribution in [3.63, 3.8) is 0 Å². The van der Waals surface area contributed by atoms with Gasteiger partial charge in [0.25, 0.3) is 5.56 Å². The monoisotopic (exact) mass is 417 g/mol. The summed E-state index contributed by atoms with van der Waals surface area (Å²) in [7, 11) is 0. The van der Waals surface area contributed by atoms with Crippen molar-refractivity contribution < 1.29 is 18.7 Å². The lowest BCUT2D eigenvalue weighted by molar-refractivity contribution is -0.122. The van der Waals surface area contributed by atoms with E-state index in [9.17, 15) is 14.4 Å². The Kier molecular flexibility index (Phi) is 6.03. The molecule has 1 N–H and O–H groups in total. The van der Waals surface area contributed by atoms with Gasteiger partial charge in [0.1, 0.15) is 29.6 Å². The second kappa shape index (κ2) is 8.48. The number of halogens is 1. The minimum absolute atomic E-state index is 0.00426. The molecule has 2 heterocycles. The largest absolute Gasteiger partial charge is 0.462 e. The number of aromatic nitrogens is 2. The number of hydrogen-bond acceptors (Lipinski definition) is 6. The van der Waals surface area contributed by atoms with Crippen LogP contribution in [0, 0.1) is 6.92 Å². The highest BCUT2D eigenvalue weighted by atomic mass is 35.5. The van der Waals surface area contributed by atoms with Crippen molar-refractivity contribution in [3.05, 3.63) is 62.9 Å². The molecular weight excluding hydrogens is 398 g/mol. The van der Waals surface area contributed by atoms with Crippen LogP contribution < -0.4 is 10.9 Å². The zero-order valence-corrected chi connectivity index (χ0v) is 16.9. The number of nitrogens with zero attached hydrogens (tertiary/aromatic N) is 2. The van der Waals surface area contributed by atoms with E-state index in [4.69, 9.17) is 20.8 Å². The average molecular weight is 418 g/mol. The molecule has 8 nitrogen and oxygen atoms in total. The first-order valence-corrected chi connectivity index (χ1v) is 9.40. The molecule has 0 aliphatic heterocycles. The van der Waals surface area contributed by atoms with Gasteiger partial charge in [-0.15, -0.1) is 0 Å². The van der Waals surface area contributed by atoms with Gasteiger partial charge < -0.3 is 14.5 Å². The summed E-state index contributed by atoms with van der Waals surface area (Å²) in [4.78, 5) is 41.6. The Balaban J connectivity index is 1.87. The summed E-state index contributed by atoms with van der Waals surface area (Å²) in [6.07, 6.45) is 1.21. The van der Waals surface area contributed by atoms with Crippen LogP contribution in [0.25, 0.3) is 11.1 Å². The molecule has 0 spiro atoms. The van der Waals surface area contributed by atoms with Crippen LogP contribution in [0.4, 0.5) is 0 Å². The van der Waals surface area contributed by atoms with Crippen molar-refractivity contribution >= 4 is 34.6 Å². The predicted molar refractivity (Wildman–Crippen MR) is 107 cm³/mol. The fraction of sp³-hybridized carbons (Fsp3) is 0.300. The van der Waals surface area contributed by atoms with Gasteiger partial charge >= 0.3 is 5.97 Å². The van der Waals surface area contributed by atoms with E-state index in [1.165, 1.54) is 6.33 Å².